The average molecular weight is 365 g/mol. The van der Waals surface area contributed by atoms with Crippen LogP contribution in [0.25, 0.3) is 11.2 Å². The van der Waals surface area contributed by atoms with E-state index in [4.69, 9.17) is 4.74 Å². The van der Waals surface area contributed by atoms with Gasteiger partial charge in [0.1, 0.15) is 24.6 Å². The third-order valence-electron chi connectivity index (χ3n) is 4.72. The summed E-state index contributed by atoms with van der Waals surface area (Å²) in [5, 5.41) is 32.7. The van der Waals surface area contributed by atoms with Gasteiger partial charge in [0.2, 0.25) is 0 Å². The first-order chi connectivity index (χ1) is 12.7. The highest BCUT2D eigenvalue weighted by Gasteiger charge is 2.44. The molecule has 1 saturated heterocycles. The van der Waals surface area contributed by atoms with E-state index in [1.807, 2.05) is 0 Å². The number of ether oxygens (including phenoxy) is 1. The number of aliphatic hydroxyl groups excluding tert-OH is 3. The van der Waals surface area contributed by atoms with Crippen LogP contribution in [0.4, 0.5) is 5.82 Å². The van der Waals surface area contributed by atoms with Crippen LogP contribution in [0.15, 0.2) is 12.7 Å². The van der Waals surface area contributed by atoms with Crippen LogP contribution in [-0.2, 0) is 4.74 Å². The minimum Gasteiger partial charge on any atom is -0.394 e. The molecule has 0 unspecified atom stereocenters. The zero-order valence-electron chi connectivity index (χ0n) is 15.0. The van der Waals surface area contributed by atoms with Gasteiger partial charge in [0, 0.05) is 6.54 Å². The minimum atomic E-state index is -1.17. The summed E-state index contributed by atoms with van der Waals surface area (Å²) in [6.07, 6.45) is 4.85. The lowest BCUT2D eigenvalue weighted by Gasteiger charge is -2.16. The SMILES string of the molecule is CCCCCCCNc1ncnc2c1ncn2[C@@H]1O[C@H](CO)[C@@H](O)[C@H]1O. The molecule has 2 aromatic rings. The fourth-order valence-electron chi connectivity index (χ4n) is 3.21. The lowest BCUT2D eigenvalue weighted by molar-refractivity contribution is -0.0511. The monoisotopic (exact) mass is 365 g/mol. The van der Waals surface area contributed by atoms with Crippen LogP contribution in [0.1, 0.15) is 45.3 Å². The summed E-state index contributed by atoms with van der Waals surface area (Å²) in [4.78, 5) is 12.8. The van der Waals surface area contributed by atoms with Crippen molar-refractivity contribution in [3.05, 3.63) is 12.7 Å². The van der Waals surface area contributed by atoms with Crippen molar-refractivity contribution in [2.45, 2.75) is 63.6 Å². The quantitative estimate of drug-likeness (QED) is 0.481. The lowest BCUT2D eigenvalue weighted by atomic mass is 10.1. The number of aromatic nitrogens is 4. The molecule has 1 aliphatic heterocycles. The van der Waals surface area contributed by atoms with Crippen LogP contribution in [0.2, 0.25) is 0 Å². The molecule has 0 amide bonds. The molecule has 1 fully saturated rings. The maximum Gasteiger partial charge on any atom is 0.167 e. The molecule has 144 valence electrons. The summed E-state index contributed by atoms with van der Waals surface area (Å²) in [6.45, 7) is 2.62. The van der Waals surface area contributed by atoms with Gasteiger partial charge in [0.15, 0.2) is 23.2 Å². The largest absolute Gasteiger partial charge is 0.394 e. The Bertz CT molecular complexity index is 710. The van der Waals surface area contributed by atoms with Gasteiger partial charge in [0.05, 0.1) is 12.9 Å². The van der Waals surface area contributed by atoms with E-state index < -0.39 is 24.5 Å². The Morgan fingerprint density at radius 3 is 2.65 bits per heavy atom. The Labute approximate surface area is 152 Å². The molecule has 0 aromatic carbocycles. The van der Waals surface area contributed by atoms with E-state index in [2.05, 4.69) is 27.2 Å². The summed E-state index contributed by atoms with van der Waals surface area (Å²) in [6, 6.07) is 0. The maximum absolute atomic E-state index is 10.2. The molecular formula is C17H27N5O4. The van der Waals surface area contributed by atoms with Crippen LogP contribution >= 0.6 is 0 Å². The van der Waals surface area contributed by atoms with Crippen molar-refractivity contribution in [1.82, 2.24) is 19.5 Å². The first-order valence-electron chi connectivity index (χ1n) is 9.21. The van der Waals surface area contributed by atoms with Crippen LogP contribution < -0.4 is 5.32 Å². The number of hydrogen-bond donors (Lipinski definition) is 4. The number of nitrogens with zero attached hydrogens (tertiary/aromatic N) is 4. The number of anilines is 1. The van der Waals surface area contributed by atoms with Gasteiger partial charge >= 0.3 is 0 Å². The third-order valence-corrected chi connectivity index (χ3v) is 4.72. The number of nitrogens with one attached hydrogen (secondary N) is 1. The van der Waals surface area contributed by atoms with Crippen molar-refractivity contribution in [1.29, 1.82) is 0 Å². The smallest absolute Gasteiger partial charge is 0.167 e. The molecule has 0 radical (unpaired) electrons. The van der Waals surface area contributed by atoms with Gasteiger partial charge in [-0.25, -0.2) is 15.0 Å². The Morgan fingerprint density at radius 1 is 1.12 bits per heavy atom. The summed E-state index contributed by atoms with van der Waals surface area (Å²) in [5.41, 5.74) is 1.09. The van der Waals surface area contributed by atoms with Gasteiger partial charge in [0.25, 0.3) is 0 Å². The fourth-order valence-corrected chi connectivity index (χ4v) is 3.21. The first kappa shape index (κ1) is 19.0. The molecule has 4 N–H and O–H groups in total. The molecule has 4 atom stereocenters. The van der Waals surface area contributed by atoms with E-state index in [0.29, 0.717) is 17.0 Å². The van der Waals surface area contributed by atoms with E-state index in [1.165, 1.54) is 38.3 Å². The molecule has 0 saturated carbocycles. The fraction of sp³-hybridized carbons (Fsp3) is 0.706. The predicted molar refractivity (Wildman–Crippen MR) is 95.6 cm³/mol. The maximum atomic E-state index is 10.2. The third kappa shape index (κ3) is 3.80. The Balaban J connectivity index is 1.71. The summed E-state index contributed by atoms with van der Waals surface area (Å²) in [5.74, 6) is 0.635. The highest BCUT2D eigenvalue weighted by atomic mass is 16.6. The van der Waals surface area contributed by atoms with E-state index in [0.717, 1.165) is 13.0 Å². The average Bonchev–Trinajstić information content (AvgIpc) is 3.20. The molecule has 2 aromatic heterocycles. The number of imidazole rings is 1. The zero-order valence-corrected chi connectivity index (χ0v) is 15.0. The van der Waals surface area contributed by atoms with E-state index in [9.17, 15) is 15.3 Å². The van der Waals surface area contributed by atoms with Gasteiger partial charge in [-0.15, -0.1) is 0 Å². The Kier molecular flexibility index (Phi) is 6.36. The van der Waals surface area contributed by atoms with E-state index >= 15 is 0 Å². The van der Waals surface area contributed by atoms with Crippen LogP contribution in [0.3, 0.4) is 0 Å². The van der Waals surface area contributed by atoms with Crippen LogP contribution in [0, 0.1) is 0 Å². The van der Waals surface area contributed by atoms with Gasteiger partial charge in [-0.2, -0.15) is 0 Å². The second kappa shape index (κ2) is 8.72. The summed E-state index contributed by atoms with van der Waals surface area (Å²) in [7, 11) is 0. The van der Waals surface area contributed by atoms with Crippen molar-refractivity contribution in [2.24, 2.45) is 0 Å². The first-order valence-corrected chi connectivity index (χ1v) is 9.21. The topological polar surface area (TPSA) is 126 Å². The van der Waals surface area contributed by atoms with Gasteiger partial charge in [-0.3, -0.25) is 4.57 Å². The molecule has 9 nitrogen and oxygen atoms in total. The standard InChI is InChI=1S/C17H27N5O4/c1-2-3-4-5-6-7-18-15-12-16(20-9-19-15)22(10-21-12)17-14(25)13(24)11(8-23)26-17/h9-11,13-14,17,23-25H,2-8H2,1H3,(H,18,19,20)/t11-,13-,14-,17-/m1/s1. The normalized spacial score (nSPS) is 25.8. The van der Waals surface area contributed by atoms with E-state index in [-0.39, 0.29) is 6.61 Å². The number of unbranched alkanes of at least 4 members (excludes halogenated alkanes) is 4. The second-order valence-electron chi connectivity index (χ2n) is 6.62. The van der Waals surface area contributed by atoms with Crippen molar-refractivity contribution in [2.75, 3.05) is 18.5 Å². The van der Waals surface area contributed by atoms with Crippen molar-refractivity contribution >= 4 is 17.0 Å². The molecule has 0 bridgehead atoms. The molecule has 26 heavy (non-hydrogen) atoms. The molecule has 3 rings (SSSR count). The number of rotatable bonds is 9. The number of fused-ring (bicyclic) bond motifs is 1. The predicted octanol–water partition coefficient (Wildman–Crippen LogP) is 0.820. The van der Waals surface area contributed by atoms with Gasteiger partial charge in [-0.05, 0) is 6.42 Å². The Morgan fingerprint density at radius 2 is 1.92 bits per heavy atom. The van der Waals surface area contributed by atoms with Crippen LogP contribution in [-0.4, -0.2) is 66.3 Å². The number of hydrogen-bond acceptors (Lipinski definition) is 8. The molecule has 9 heteroatoms. The highest BCUT2D eigenvalue weighted by Crippen LogP contribution is 2.32. The molecular weight excluding hydrogens is 338 g/mol. The molecule has 3 heterocycles. The molecule has 0 spiro atoms. The van der Waals surface area contributed by atoms with E-state index in [1.54, 1.807) is 4.57 Å². The van der Waals surface area contributed by atoms with Gasteiger partial charge in [-0.1, -0.05) is 32.6 Å². The lowest BCUT2D eigenvalue weighted by Crippen LogP contribution is -2.33. The zero-order chi connectivity index (χ0) is 18.5. The van der Waals surface area contributed by atoms with Gasteiger partial charge < -0.3 is 25.4 Å². The Hall–Kier alpha value is -1.81. The minimum absolute atomic E-state index is 0.374. The van der Waals surface area contributed by atoms with Crippen molar-refractivity contribution < 1.29 is 20.1 Å². The molecule has 0 aliphatic carbocycles. The summed E-state index contributed by atoms with van der Waals surface area (Å²) < 4.78 is 7.12. The molecule has 1 aliphatic rings. The summed E-state index contributed by atoms with van der Waals surface area (Å²) >= 11 is 0. The second-order valence-corrected chi connectivity index (χ2v) is 6.62. The highest BCUT2D eigenvalue weighted by molar-refractivity contribution is 5.82. The van der Waals surface area contributed by atoms with Crippen LogP contribution in [0.5, 0.6) is 0 Å². The van der Waals surface area contributed by atoms with Crippen molar-refractivity contribution in [3.8, 4) is 0 Å². The number of aliphatic hydroxyl groups is 3. The van der Waals surface area contributed by atoms with Crippen molar-refractivity contribution in [3.63, 3.8) is 0 Å².